The van der Waals surface area contributed by atoms with E-state index in [4.69, 9.17) is 9.84 Å². The molecule has 0 unspecified atom stereocenters. The first-order chi connectivity index (χ1) is 20.0. The summed E-state index contributed by atoms with van der Waals surface area (Å²) in [5.74, 6) is 0.346. The number of carbonyl (C=O) groups excluding carboxylic acids is 2. The minimum Gasteiger partial charge on any atom is -0.493 e. The van der Waals surface area contributed by atoms with Crippen molar-refractivity contribution in [1.29, 1.82) is 0 Å². The van der Waals surface area contributed by atoms with Crippen molar-refractivity contribution < 1.29 is 23.9 Å². The molecule has 0 saturated carbocycles. The zero-order valence-electron chi connectivity index (χ0n) is 25.9. The van der Waals surface area contributed by atoms with Gasteiger partial charge in [-0.1, -0.05) is 65.0 Å². The van der Waals surface area contributed by atoms with Crippen LogP contribution in [-0.2, 0) is 0 Å². The third-order valence-corrected chi connectivity index (χ3v) is 7.93. The van der Waals surface area contributed by atoms with Crippen LogP contribution in [0.5, 0.6) is 5.75 Å². The van der Waals surface area contributed by atoms with Crippen LogP contribution in [0.25, 0.3) is 0 Å². The highest BCUT2D eigenvalue weighted by Crippen LogP contribution is 2.23. The Kier molecular flexibility index (Phi) is 16.1. The molecule has 1 aliphatic heterocycles. The quantitative estimate of drug-likeness (QED) is 0.153. The molecule has 1 fully saturated rings. The number of likely N-dealkylation sites (tertiary alicyclic amines) is 1. The number of carbonyl (C=O) groups is 2. The van der Waals surface area contributed by atoms with E-state index >= 15 is 0 Å². The van der Waals surface area contributed by atoms with Gasteiger partial charge >= 0.3 is 0 Å². The Balaban J connectivity index is 0.00000287. The van der Waals surface area contributed by atoms with Crippen molar-refractivity contribution in [1.82, 2.24) is 5.32 Å². The van der Waals surface area contributed by atoms with Gasteiger partial charge in [-0.15, -0.1) is 0 Å². The van der Waals surface area contributed by atoms with Crippen molar-refractivity contribution >= 4 is 17.5 Å². The fourth-order valence-corrected chi connectivity index (χ4v) is 5.78. The maximum absolute atomic E-state index is 13.0. The number of benzene rings is 2. The predicted molar refractivity (Wildman–Crippen MR) is 169 cm³/mol. The van der Waals surface area contributed by atoms with Gasteiger partial charge in [0, 0.05) is 37.2 Å². The zero-order chi connectivity index (χ0) is 29.9. The summed E-state index contributed by atoms with van der Waals surface area (Å²) < 4.78 is 7.15. The number of para-hydroxylation sites is 1. The van der Waals surface area contributed by atoms with Gasteiger partial charge in [0.15, 0.2) is 0 Å². The van der Waals surface area contributed by atoms with Crippen molar-refractivity contribution in [3.63, 3.8) is 0 Å². The van der Waals surface area contributed by atoms with Crippen molar-refractivity contribution in [3.05, 3.63) is 59.7 Å². The van der Waals surface area contributed by atoms with Crippen LogP contribution >= 0.6 is 0 Å². The average molecular weight is 569 g/mol. The molecule has 0 radical (unpaired) electrons. The number of amides is 2. The van der Waals surface area contributed by atoms with E-state index in [9.17, 15) is 9.59 Å². The topological polar surface area (TPSA) is 87.7 Å². The van der Waals surface area contributed by atoms with Crippen molar-refractivity contribution in [3.8, 4) is 5.75 Å². The molecular formula is C34H54N3O4+. The molecule has 0 spiro atoms. The number of nitrogens with zero attached hydrogens (tertiary/aromatic N) is 1. The molecule has 0 bridgehead atoms. The van der Waals surface area contributed by atoms with Gasteiger partial charge < -0.3 is 25.0 Å². The Labute approximate surface area is 248 Å². The van der Waals surface area contributed by atoms with Crippen LogP contribution in [-0.4, -0.2) is 67.3 Å². The number of anilines is 1. The summed E-state index contributed by atoms with van der Waals surface area (Å²) in [4.78, 5) is 25.9. The molecule has 3 rings (SSSR count). The summed E-state index contributed by atoms with van der Waals surface area (Å²) in [7, 11) is 1.00. The molecule has 0 atom stereocenters. The SMILES string of the molecule is CCCCCCCCOc1ccccc1C(=O)Nc1ccc(C(=O)NC2CC[N+](CCC)(CCC)CC2)cc1.CO. The second-order valence-electron chi connectivity index (χ2n) is 11.1. The van der Waals surface area contributed by atoms with Crippen LogP contribution in [0.1, 0.15) is 106 Å². The molecule has 1 saturated heterocycles. The minimum atomic E-state index is -0.214. The summed E-state index contributed by atoms with van der Waals surface area (Å²) in [6, 6.07) is 14.7. The van der Waals surface area contributed by atoms with Crippen molar-refractivity contribution in [2.45, 2.75) is 91.0 Å². The molecule has 7 heteroatoms. The molecule has 41 heavy (non-hydrogen) atoms. The van der Waals surface area contributed by atoms with E-state index in [1.165, 1.54) is 56.1 Å². The predicted octanol–water partition coefficient (Wildman–Crippen LogP) is 6.82. The van der Waals surface area contributed by atoms with E-state index in [-0.39, 0.29) is 17.9 Å². The van der Waals surface area contributed by atoms with E-state index in [1.54, 1.807) is 30.3 Å². The Hall–Kier alpha value is -2.90. The van der Waals surface area contributed by atoms with Gasteiger partial charge in [0.2, 0.25) is 0 Å². The first kappa shape index (κ1) is 34.3. The molecule has 2 aromatic carbocycles. The third kappa shape index (κ3) is 11.5. The van der Waals surface area contributed by atoms with Crippen LogP contribution in [0.3, 0.4) is 0 Å². The van der Waals surface area contributed by atoms with Crippen molar-refractivity contribution in [2.24, 2.45) is 0 Å². The number of aliphatic hydroxyl groups is 1. The van der Waals surface area contributed by atoms with Gasteiger partial charge in [-0.3, -0.25) is 9.59 Å². The van der Waals surface area contributed by atoms with E-state index in [2.05, 4.69) is 31.4 Å². The summed E-state index contributed by atoms with van der Waals surface area (Å²) >= 11 is 0. The zero-order valence-corrected chi connectivity index (χ0v) is 25.9. The fourth-order valence-electron chi connectivity index (χ4n) is 5.78. The Bertz CT molecular complexity index is 1010. The number of nitrogens with one attached hydrogen (secondary N) is 2. The van der Waals surface area contributed by atoms with Crippen LogP contribution in [0, 0.1) is 0 Å². The first-order valence-electron chi connectivity index (χ1n) is 15.7. The van der Waals surface area contributed by atoms with Gasteiger partial charge in [0.25, 0.3) is 11.8 Å². The molecule has 2 amide bonds. The van der Waals surface area contributed by atoms with E-state index in [0.29, 0.717) is 29.2 Å². The van der Waals surface area contributed by atoms with Crippen molar-refractivity contribution in [2.75, 3.05) is 45.2 Å². The smallest absolute Gasteiger partial charge is 0.259 e. The van der Waals surface area contributed by atoms with Crippen LogP contribution in [0.2, 0.25) is 0 Å². The molecule has 2 aromatic rings. The average Bonchev–Trinajstić information content (AvgIpc) is 3.00. The normalized spacial score (nSPS) is 14.5. The highest BCUT2D eigenvalue weighted by Gasteiger charge is 2.33. The van der Waals surface area contributed by atoms with E-state index in [0.717, 1.165) is 45.9 Å². The number of hydrogen-bond acceptors (Lipinski definition) is 4. The Morgan fingerprint density at radius 3 is 2.05 bits per heavy atom. The van der Waals surface area contributed by atoms with Gasteiger partial charge in [0.05, 0.1) is 38.3 Å². The summed E-state index contributed by atoms with van der Waals surface area (Å²) in [6.07, 6.45) is 11.6. The third-order valence-electron chi connectivity index (χ3n) is 7.93. The summed E-state index contributed by atoms with van der Waals surface area (Å²) in [6.45, 7) is 12.1. The molecule has 1 aliphatic rings. The molecule has 7 nitrogen and oxygen atoms in total. The lowest BCUT2D eigenvalue weighted by Crippen LogP contribution is -2.57. The highest BCUT2D eigenvalue weighted by molar-refractivity contribution is 6.06. The van der Waals surface area contributed by atoms with Gasteiger partial charge in [0.1, 0.15) is 5.75 Å². The molecular weight excluding hydrogens is 514 g/mol. The van der Waals surface area contributed by atoms with Gasteiger partial charge in [-0.05, 0) is 55.7 Å². The lowest BCUT2D eigenvalue weighted by Gasteiger charge is -2.43. The number of rotatable bonds is 16. The Morgan fingerprint density at radius 1 is 0.805 bits per heavy atom. The molecule has 0 aromatic heterocycles. The lowest BCUT2D eigenvalue weighted by molar-refractivity contribution is -0.932. The second kappa shape index (κ2) is 19.3. The van der Waals surface area contributed by atoms with E-state index in [1.807, 2.05) is 18.2 Å². The molecule has 3 N–H and O–H groups in total. The molecule has 0 aliphatic carbocycles. The lowest BCUT2D eigenvalue weighted by atomic mass is 10.0. The second-order valence-corrected chi connectivity index (χ2v) is 11.1. The van der Waals surface area contributed by atoms with Gasteiger partial charge in [-0.25, -0.2) is 0 Å². The number of quaternary nitrogens is 1. The number of unbranched alkanes of at least 4 members (excludes halogenated alkanes) is 5. The summed E-state index contributed by atoms with van der Waals surface area (Å²) in [5.41, 5.74) is 1.79. The largest absolute Gasteiger partial charge is 0.493 e. The maximum Gasteiger partial charge on any atom is 0.259 e. The number of piperidine rings is 1. The highest BCUT2D eigenvalue weighted by atomic mass is 16.5. The number of aliphatic hydroxyl groups excluding tert-OH is 1. The van der Waals surface area contributed by atoms with E-state index < -0.39 is 0 Å². The number of ether oxygens (including phenoxy) is 1. The summed E-state index contributed by atoms with van der Waals surface area (Å²) in [5, 5.41) is 13.2. The fraction of sp³-hybridized carbons (Fsp3) is 0.588. The van der Waals surface area contributed by atoms with Crippen LogP contribution in [0.15, 0.2) is 48.5 Å². The standard InChI is InChI=1S/C33H49N3O3.CH4O/c1-4-7-8-9-10-13-26-39-31-15-12-11-14-30(31)33(38)35-28-18-16-27(17-19-28)32(37)34-29-20-24-36(22-5-2,23-6-3)25-21-29;1-2/h11-12,14-19,29H,4-10,13,20-26H2,1-3H3,(H-,34,35,37,38);2H,1H3/p+1. The monoisotopic (exact) mass is 568 g/mol. The minimum absolute atomic E-state index is 0.0442. The molecule has 228 valence electrons. The Morgan fingerprint density at radius 2 is 1.41 bits per heavy atom. The van der Waals surface area contributed by atoms with Crippen LogP contribution < -0.4 is 15.4 Å². The first-order valence-corrected chi connectivity index (χ1v) is 15.7. The maximum atomic E-state index is 13.0. The number of hydrogen-bond donors (Lipinski definition) is 3. The molecule has 1 heterocycles. The van der Waals surface area contributed by atoms with Crippen LogP contribution in [0.4, 0.5) is 5.69 Å². The van der Waals surface area contributed by atoms with Gasteiger partial charge in [-0.2, -0.15) is 0 Å².